The molecule has 8 heteroatoms. The van der Waals surface area contributed by atoms with Crippen LogP contribution in [0.25, 0.3) is 0 Å². The van der Waals surface area contributed by atoms with Crippen molar-refractivity contribution in [3.05, 3.63) is 0 Å². The van der Waals surface area contributed by atoms with Gasteiger partial charge in [0.05, 0.1) is 26.4 Å². The third-order valence-corrected chi connectivity index (χ3v) is 3.88. The molecule has 1 rings (SSSR count). The summed E-state index contributed by atoms with van der Waals surface area (Å²) in [4.78, 5) is 13.4. The number of ether oxygens (including phenoxy) is 1. The predicted molar refractivity (Wildman–Crippen MR) is 64.2 cm³/mol. The first kappa shape index (κ1) is 15.6. The van der Waals surface area contributed by atoms with Gasteiger partial charge in [-0.1, -0.05) is 0 Å². The monoisotopic (exact) mass is 281 g/mol. The number of nitrogens with zero attached hydrogens (tertiary/aromatic N) is 1. The minimum Gasteiger partial charge on any atom is -0.378 e. The van der Waals surface area contributed by atoms with E-state index in [-0.39, 0.29) is 25.7 Å². The van der Waals surface area contributed by atoms with Gasteiger partial charge in [0, 0.05) is 13.1 Å². The summed E-state index contributed by atoms with van der Waals surface area (Å²) in [6.45, 7) is 5.52. The molecule has 1 aliphatic rings. The van der Waals surface area contributed by atoms with Gasteiger partial charge >= 0.3 is 7.82 Å². The van der Waals surface area contributed by atoms with Gasteiger partial charge in [-0.15, -0.1) is 0 Å². The standard InChI is InChI=1S/C10H20NO6P/c1-3-15-18(13,16-4-2)17-9-10(12)11-5-7-14-8-6-11/h3-9H2,1-2H3. The van der Waals surface area contributed by atoms with Crippen molar-refractivity contribution in [2.24, 2.45) is 0 Å². The van der Waals surface area contributed by atoms with Gasteiger partial charge in [0.1, 0.15) is 6.61 Å². The van der Waals surface area contributed by atoms with E-state index in [0.717, 1.165) is 0 Å². The second-order valence-corrected chi connectivity index (χ2v) is 5.22. The lowest BCUT2D eigenvalue weighted by molar-refractivity contribution is -0.138. The van der Waals surface area contributed by atoms with E-state index in [1.807, 2.05) is 0 Å². The number of rotatable bonds is 7. The molecule has 0 radical (unpaired) electrons. The van der Waals surface area contributed by atoms with Crippen molar-refractivity contribution in [1.82, 2.24) is 4.90 Å². The molecule has 0 bridgehead atoms. The zero-order valence-electron chi connectivity index (χ0n) is 10.8. The molecule has 0 N–H and O–H groups in total. The van der Waals surface area contributed by atoms with E-state index in [0.29, 0.717) is 26.3 Å². The van der Waals surface area contributed by atoms with Crippen molar-refractivity contribution >= 4 is 13.7 Å². The molecule has 0 saturated carbocycles. The van der Waals surface area contributed by atoms with Gasteiger partial charge in [0.2, 0.25) is 5.91 Å². The smallest absolute Gasteiger partial charge is 0.378 e. The summed E-state index contributed by atoms with van der Waals surface area (Å²) >= 11 is 0. The highest BCUT2D eigenvalue weighted by Crippen LogP contribution is 2.49. The van der Waals surface area contributed by atoms with Gasteiger partial charge < -0.3 is 9.64 Å². The fraction of sp³-hybridized carbons (Fsp3) is 0.900. The number of amides is 1. The molecule has 18 heavy (non-hydrogen) atoms. The van der Waals surface area contributed by atoms with Gasteiger partial charge in [-0.3, -0.25) is 18.4 Å². The second kappa shape index (κ2) is 7.86. The topological polar surface area (TPSA) is 74.3 Å². The van der Waals surface area contributed by atoms with Crippen LogP contribution in [-0.2, 0) is 27.7 Å². The van der Waals surface area contributed by atoms with Crippen LogP contribution in [0.15, 0.2) is 0 Å². The Kier molecular flexibility index (Phi) is 6.81. The molecule has 0 aromatic carbocycles. The molecule has 0 spiro atoms. The molecule has 1 saturated heterocycles. The average molecular weight is 281 g/mol. The third kappa shape index (κ3) is 5.04. The number of hydrogen-bond acceptors (Lipinski definition) is 6. The first-order chi connectivity index (χ1) is 8.61. The maximum atomic E-state index is 11.9. The number of carbonyl (C=O) groups is 1. The summed E-state index contributed by atoms with van der Waals surface area (Å²) in [5.41, 5.74) is 0. The zero-order chi connectivity index (χ0) is 13.4. The summed E-state index contributed by atoms with van der Waals surface area (Å²) in [6.07, 6.45) is 0. The fourth-order valence-corrected chi connectivity index (χ4v) is 2.59. The lowest BCUT2D eigenvalue weighted by atomic mass is 10.4. The maximum Gasteiger partial charge on any atom is 0.475 e. The molecule has 1 aliphatic heterocycles. The van der Waals surface area contributed by atoms with Crippen LogP contribution in [0.1, 0.15) is 13.8 Å². The fourth-order valence-electron chi connectivity index (χ4n) is 1.47. The Morgan fingerprint density at radius 3 is 2.22 bits per heavy atom. The number of phosphoric acid groups is 1. The van der Waals surface area contributed by atoms with Gasteiger partial charge in [-0.05, 0) is 13.8 Å². The van der Waals surface area contributed by atoms with Crippen LogP contribution < -0.4 is 0 Å². The van der Waals surface area contributed by atoms with Crippen molar-refractivity contribution in [2.75, 3.05) is 46.1 Å². The van der Waals surface area contributed by atoms with Crippen LogP contribution in [0.3, 0.4) is 0 Å². The Bertz CT molecular complexity index is 295. The molecule has 106 valence electrons. The summed E-state index contributed by atoms with van der Waals surface area (Å²) in [5.74, 6) is -0.238. The molecular formula is C10H20NO6P. The van der Waals surface area contributed by atoms with Gasteiger partial charge in [0.25, 0.3) is 0 Å². The van der Waals surface area contributed by atoms with Crippen LogP contribution in [-0.4, -0.2) is 56.9 Å². The van der Waals surface area contributed by atoms with Gasteiger partial charge in [-0.2, -0.15) is 0 Å². The summed E-state index contributed by atoms with van der Waals surface area (Å²) in [5, 5.41) is 0. The van der Waals surface area contributed by atoms with Crippen LogP contribution in [0, 0.1) is 0 Å². The van der Waals surface area contributed by atoms with Crippen molar-refractivity contribution in [2.45, 2.75) is 13.8 Å². The summed E-state index contributed by atoms with van der Waals surface area (Å²) < 4.78 is 31.9. The molecular weight excluding hydrogens is 261 g/mol. The van der Waals surface area contributed by atoms with Crippen LogP contribution in [0.2, 0.25) is 0 Å². The molecule has 0 aromatic heterocycles. The Morgan fingerprint density at radius 2 is 1.72 bits per heavy atom. The van der Waals surface area contributed by atoms with E-state index in [1.54, 1.807) is 18.7 Å². The van der Waals surface area contributed by atoms with Crippen molar-refractivity contribution < 1.29 is 27.7 Å². The van der Waals surface area contributed by atoms with Crippen molar-refractivity contribution in [3.63, 3.8) is 0 Å². The summed E-state index contributed by atoms with van der Waals surface area (Å²) in [6, 6.07) is 0. The van der Waals surface area contributed by atoms with E-state index in [4.69, 9.17) is 18.3 Å². The minimum absolute atomic E-state index is 0.197. The second-order valence-electron chi connectivity index (χ2n) is 3.55. The van der Waals surface area contributed by atoms with Crippen LogP contribution >= 0.6 is 7.82 Å². The molecule has 0 aromatic rings. The first-order valence-electron chi connectivity index (χ1n) is 6.00. The Balaban J connectivity index is 2.40. The molecule has 7 nitrogen and oxygen atoms in total. The lowest BCUT2D eigenvalue weighted by Crippen LogP contribution is -2.42. The average Bonchev–Trinajstić information content (AvgIpc) is 2.38. The number of morpholine rings is 1. The Morgan fingerprint density at radius 1 is 1.17 bits per heavy atom. The molecule has 1 amide bonds. The number of hydrogen-bond donors (Lipinski definition) is 0. The number of phosphoric ester groups is 1. The van der Waals surface area contributed by atoms with Crippen LogP contribution in [0.5, 0.6) is 0 Å². The van der Waals surface area contributed by atoms with E-state index in [2.05, 4.69) is 0 Å². The summed E-state index contributed by atoms with van der Waals surface area (Å²) in [7, 11) is -3.60. The Labute approximate surface area is 107 Å². The van der Waals surface area contributed by atoms with E-state index >= 15 is 0 Å². The highest BCUT2D eigenvalue weighted by Gasteiger charge is 2.28. The van der Waals surface area contributed by atoms with E-state index in [9.17, 15) is 9.36 Å². The molecule has 0 atom stereocenters. The molecule has 0 unspecified atom stereocenters. The Hall–Kier alpha value is -0.460. The SMILES string of the molecule is CCOP(=O)(OCC)OCC(=O)N1CCOCC1. The highest BCUT2D eigenvalue weighted by atomic mass is 31.2. The molecule has 1 fully saturated rings. The van der Waals surface area contributed by atoms with Crippen LogP contribution in [0.4, 0.5) is 0 Å². The number of carbonyl (C=O) groups excluding carboxylic acids is 1. The van der Waals surface area contributed by atoms with Crippen molar-refractivity contribution in [1.29, 1.82) is 0 Å². The van der Waals surface area contributed by atoms with Crippen molar-refractivity contribution in [3.8, 4) is 0 Å². The van der Waals surface area contributed by atoms with E-state index in [1.165, 1.54) is 0 Å². The molecule has 1 heterocycles. The van der Waals surface area contributed by atoms with Gasteiger partial charge in [0.15, 0.2) is 0 Å². The maximum absolute atomic E-state index is 11.9. The largest absolute Gasteiger partial charge is 0.475 e. The predicted octanol–water partition coefficient (Wildman–Crippen LogP) is 1.04. The quantitative estimate of drug-likeness (QED) is 0.649. The zero-order valence-corrected chi connectivity index (χ0v) is 11.7. The van der Waals surface area contributed by atoms with E-state index < -0.39 is 7.82 Å². The van der Waals surface area contributed by atoms with Gasteiger partial charge in [-0.25, -0.2) is 4.57 Å². The first-order valence-corrected chi connectivity index (χ1v) is 7.46. The normalized spacial score (nSPS) is 16.9. The lowest BCUT2D eigenvalue weighted by Gasteiger charge is -2.27. The third-order valence-electron chi connectivity index (χ3n) is 2.28. The molecule has 0 aliphatic carbocycles. The minimum atomic E-state index is -3.60. The highest BCUT2D eigenvalue weighted by molar-refractivity contribution is 7.48.